The van der Waals surface area contributed by atoms with Crippen LogP contribution in [0.2, 0.25) is 0 Å². The Balaban J connectivity index is 2.25. The van der Waals surface area contributed by atoms with Crippen molar-refractivity contribution in [2.24, 2.45) is 16.5 Å². The third kappa shape index (κ3) is 2.30. The van der Waals surface area contributed by atoms with Crippen molar-refractivity contribution in [3.8, 4) is 0 Å². The first-order chi connectivity index (χ1) is 10.6. The van der Waals surface area contributed by atoms with Gasteiger partial charge in [-0.05, 0) is 6.07 Å². The zero-order chi connectivity index (χ0) is 15.7. The predicted molar refractivity (Wildman–Crippen MR) is 89.5 cm³/mol. The number of imidazole rings is 1. The number of anilines is 1. The number of aryl methyl sites for hydroxylation is 1. The SMILES string of the molecule is CCc1nc2c(N)nc3ccccc3c2n1CCN=C(N)N. The van der Waals surface area contributed by atoms with Gasteiger partial charge in [-0.25, -0.2) is 9.97 Å². The van der Waals surface area contributed by atoms with Crippen LogP contribution < -0.4 is 17.2 Å². The van der Waals surface area contributed by atoms with Crippen LogP contribution in [0.3, 0.4) is 0 Å². The molecule has 0 amide bonds. The molecule has 2 heterocycles. The van der Waals surface area contributed by atoms with Gasteiger partial charge in [0.05, 0.1) is 17.6 Å². The molecule has 6 N–H and O–H groups in total. The topological polar surface area (TPSA) is 121 Å². The molecule has 0 radical (unpaired) electrons. The molecule has 22 heavy (non-hydrogen) atoms. The van der Waals surface area contributed by atoms with Gasteiger partial charge in [-0.15, -0.1) is 0 Å². The number of pyridine rings is 1. The number of aromatic nitrogens is 3. The second-order valence-electron chi connectivity index (χ2n) is 5.05. The summed E-state index contributed by atoms with van der Waals surface area (Å²) in [5.74, 6) is 1.49. The van der Waals surface area contributed by atoms with E-state index < -0.39 is 0 Å². The number of hydrogen-bond donors (Lipinski definition) is 3. The number of nitrogen functional groups attached to an aromatic ring is 1. The van der Waals surface area contributed by atoms with Crippen molar-refractivity contribution in [3.63, 3.8) is 0 Å². The van der Waals surface area contributed by atoms with E-state index in [4.69, 9.17) is 17.2 Å². The summed E-state index contributed by atoms with van der Waals surface area (Å²) in [4.78, 5) is 13.1. The molecule has 0 aliphatic rings. The lowest BCUT2D eigenvalue weighted by molar-refractivity contribution is 0.686. The van der Waals surface area contributed by atoms with E-state index >= 15 is 0 Å². The van der Waals surface area contributed by atoms with Gasteiger partial charge < -0.3 is 21.8 Å². The molecule has 2 aromatic heterocycles. The minimum Gasteiger partial charge on any atom is -0.382 e. The van der Waals surface area contributed by atoms with Gasteiger partial charge in [-0.2, -0.15) is 0 Å². The second-order valence-corrected chi connectivity index (χ2v) is 5.05. The van der Waals surface area contributed by atoms with Crippen molar-refractivity contribution in [2.45, 2.75) is 19.9 Å². The molecule has 0 saturated heterocycles. The van der Waals surface area contributed by atoms with E-state index in [2.05, 4.69) is 26.5 Å². The maximum absolute atomic E-state index is 6.08. The number of benzene rings is 1. The second kappa shape index (κ2) is 5.51. The summed E-state index contributed by atoms with van der Waals surface area (Å²) >= 11 is 0. The minimum absolute atomic E-state index is 0.0912. The Hall–Kier alpha value is -2.83. The lowest BCUT2D eigenvalue weighted by atomic mass is 10.2. The molecule has 7 heteroatoms. The number of nitrogens with zero attached hydrogens (tertiary/aromatic N) is 4. The number of guanidine groups is 1. The third-order valence-electron chi connectivity index (χ3n) is 3.62. The van der Waals surface area contributed by atoms with Crippen molar-refractivity contribution in [2.75, 3.05) is 12.3 Å². The average Bonchev–Trinajstić information content (AvgIpc) is 2.87. The summed E-state index contributed by atoms with van der Waals surface area (Å²) < 4.78 is 2.13. The molecule has 0 saturated carbocycles. The van der Waals surface area contributed by atoms with Crippen molar-refractivity contribution in [1.82, 2.24) is 14.5 Å². The highest BCUT2D eigenvalue weighted by atomic mass is 15.1. The number of aliphatic imine (C=N–C) groups is 1. The van der Waals surface area contributed by atoms with Gasteiger partial charge >= 0.3 is 0 Å². The standard InChI is InChI=1S/C15H19N7/c1-2-11-21-12-13(22(11)8-7-19-15(17)18)9-5-3-4-6-10(9)20-14(12)16/h3-6H,2,7-8H2,1H3,(H2,16,20)(H4,17,18,19). The number of para-hydroxylation sites is 1. The Bertz CT molecular complexity index is 859. The van der Waals surface area contributed by atoms with Gasteiger partial charge in [-0.1, -0.05) is 25.1 Å². The lowest BCUT2D eigenvalue weighted by Crippen LogP contribution is -2.23. The molecule has 0 bridgehead atoms. The number of rotatable bonds is 4. The zero-order valence-electron chi connectivity index (χ0n) is 12.5. The van der Waals surface area contributed by atoms with E-state index in [0.29, 0.717) is 18.9 Å². The van der Waals surface area contributed by atoms with Crippen LogP contribution in [-0.4, -0.2) is 27.0 Å². The molecule has 3 rings (SSSR count). The van der Waals surface area contributed by atoms with Gasteiger partial charge in [-0.3, -0.25) is 4.99 Å². The van der Waals surface area contributed by atoms with E-state index in [1.165, 1.54) is 0 Å². The van der Waals surface area contributed by atoms with Gasteiger partial charge in [0.2, 0.25) is 0 Å². The molecule has 3 aromatic rings. The molecule has 0 spiro atoms. The Labute approximate surface area is 127 Å². The lowest BCUT2D eigenvalue weighted by Gasteiger charge is -2.08. The maximum Gasteiger partial charge on any atom is 0.185 e. The highest BCUT2D eigenvalue weighted by Gasteiger charge is 2.15. The molecule has 0 aliphatic carbocycles. The normalized spacial score (nSPS) is 11.1. The Kier molecular flexibility index (Phi) is 3.54. The zero-order valence-corrected chi connectivity index (χ0v) is 12.5. The molecule has 0 atom stereocenters. The molecular weight excluding hydrogens is 278 g/mol. The third-order valence-corrected chi connectivity index (χ3v) is 3.62. The monoisotopic (exact) mass is 297 g/mol. The van der Waals surface area contributed by atoms with Crippen molar-refractivity contribution < 1.29 is 0 Å². The molecule has 1 aromatic carbocycles. The fourth-order valence-corrected chi connectivity index (χ4v) is 2.69. The largest absolute Gasteiger partial charge is 0.382 e. The first kappa shape index (κ1) is 14.1. The number of fused-ring (bicyclic) bond motifs is 3. The van der Waals surface area contributed by atoms with Crippen molar-refractivity contribution in [3.05, 3.63) is 30.1 Å². The molecule has 114 valence electrons. The highest BCUT2D eigenvalue weighted by Crippen LogP contribution is 2.28. The van der Waals surface area contributed by atoms with Crippen LogP contribution in [0, 0.1) is 0 Å². The van der Waals surface area contributed by atoms with E-state index in [0.717, 1.165) is 34.2 Å². The van der Waals surface area contributed by atoms with E-state index in [9.17, 15) is 0 Å². The molecule has 0 unspecified atom stereocenters. The van der Waals surface area contributed by atoms with Gasteiger partial charge in [0.15, 0.2) is 11.8 Å². The van der Waals surface area contributed by atoms with Crippen molar-refractivity contribution in [1.29, 1.82) is 0 Å². The summed E-state index contributed by atoms with van der Waals surface area (Å²) in [5, 5.41) is 1.03. The van der Waals surface area contributed by atoms with Crippen LogP contribution in [0.1, 0.15) is 12.7 Å². The maximum atomic E-state index is 6.08. The van der Waals surface area contributed by atoms with Crippen LogP contribution in [-0.2, 0) is 13.0 Å². The van der Waals surface area contributed by atoms with Crippen LogP contribution >= 0.6 is 0 Å². The summed E-state index contributed by atoms with van der Waals surface area (Å²) in [5.41, 5.74) is 19.5. The summed E-state index contributed by atoms with van der Waals surface area (Å²) in [6.45, 7) is 3.20. The van der Waals surface area contributed by atoms with E-state index in [-0.39, 0.29) is 5.96 Å². The fourth-order valence-electron chi connectivity index (χ4n) is 2.69. The quantitative estimate of drug-likeness (QED) is 0.490. The average molecular weight is 297 g/mol. The summed E-state index contributed by atoms with van der Waals surface area (Å²) in [7, 11) is 0. The summed E-state index contributed by atoms with van der Waals surface area (Å²) in [6, 6.07) is 7.91. The first-order valence-electron chi connectivity index (χ1n) is 7.20. The van der Waals surface area contributed by atoms with Gasteiger partial charge in [0, 0.05) is 18.4 Å². The van der Waals surface area contributed by atoms with Gasteiger partial charge in [0.25, 0.3) is 0 Å². The van der Waals surface area contributed by atoms with E-state index in [1.54, 1.807) is 0 Å². The Morgan fingerprint density at radius 3 is 2.73 bits per heavy atom. The molecule has 0 fully saturated rings. The molecular formula is C15H19N7. The molecule has 0 aliphatic heterocycles. The van der Waals surface area contributed by atoms with Crippen LogP contribution in [0.15, 0.2) is 29.3 Å². The van der Waals surface area contributed by atoms with Crippen molar-refractivity contribution >= 4 is 33.7 Å². The van der Waals surface area contributed by atoms with Crippen LogP contribution in [0.25, 0.3) is 21.9 Å². The van der Waals surface area contributed by atoms with Crippen LogP contribution in [0.4, 0.5) is 5.82 Å². The Morgan fingerprint density at radius 2 is 2.00 bits per heavy atom. The highest BCUT2D eigenvalue weighted by molar-refractivity contribution is 6.06. The number of nitrogens with two attached hydrogens (primary N) is 3. The Morgan fingerprint density at radius 1 is 1.23 bits per heavy atom. The van der Waals surface area contributed by atoms with E-state index in [1.807, 2.05) is 24.3 Å². The van der Waals surface area contributed by atoms with Crippen LogP contribution in [0.5, 0.6) is 0 Å². The van der Waals surface area contributed by atoms with Gasteiger partial charge in [0.1, 0.15) is 11.3 Å². The predicted octanol–water partition coefficient (Wildman–Crippen LogP) is 1.00. The first-order valence-corrected chi connectivity index (χ1v) is 7.20. The minimum atomic E-state index is 0.0912. The fraction of sp³-hybridized carbons (Fsp3) is 0.267. The number of hydrogen-bond acceptors (Lipinski definition) is 4. The smallest absolute Gasteiger partial charge is 0.185 e. The molecule has 7 nitrogen and oxygen atoms in total. The summed E-state index contributed by atoms with van der Waals surface area (Å²) in [6.07, 6.45) is 0.796.